The van der Waals surface area contributed by atoms with Crippen LogP contribution in [-0.4, -0.2) is 38.8 Å². The van der Waals surface area contributed by atoms with E-state index in [2.05, 4.69) is 0 Å². The summed E-state index contributed by atoms with van der Waals surface area (Å²) in [5.41, 5.74) is -0.332. The summed E-state index contributed by atoms with van der Waals surface area (Å²) in [5, 5.41) is 0. The van der Waals surface area contributed by atoms with Gasteiger partial charge in [0.2, 0.25) is 0 Å². The number of ketones is 1. The Morgan fingerprint density at radius 1 is 1.17 bits per heavy atom. The van der Waals surface area contributed by atoms with Crippen molar-refractivity contribution >= 4 is 5.78 Å². The predicted molar refractivity (Wildman–Crippen MR) is 69.2 cm³/mol. The third kappa shape index (κ3) is 3.55. The summed E-state index contributed by atoms with van der Waals surface area (Å²) in [5.74, 6) is 0.461. The average Bonchev–Trinajstić information content (AvgIpc) is 2.39. The maximum atomic E-state index is 12.3. The molecule has 1 rings (SSSR count). The van der Waals surface area contributed by atoms with E-state index in [0.717, 1.165) is 0 Å². The van der Waals surface area contributed by atoms with Crippen LogP contribution in [0.1, 0.15) is 24.2 Å². The van der Waals surface area contributed by atoms with E-state index < -0.39 is 5.60 Å². The van der Waals surface area contributed by atoms with Gasteiger partial charge in [-0.1, -0.05) is 12.1 Å². The highest BCUT2D eigenvalue weighted by atomic mass is 16.5. The fraction of sp³-hybridized carbons (Fsp3) is 0.500. The van der Waals surface area contributed by atoms with Crippen molar-refractivity contribution in [3.63, 3.8) is 0 Å². The van der Waals surface area contributed by atoms with Crippen molar-refractivity contribution < 1.29 is 19.0 Å². The zero-order chi connectivity index (χ0) is 13.6. The highest BCUT2D eigenvalue weighted by Crippen LogP contribution is 2.24. The molecular weight excluding hydrogens is 232 g/mol. The van der Waals surface area contributed by atoms with Crippen molar-refractivity contribution in [2.24, 2.45) is 0 Å². The van der Waals surface area contributed by atoms with Crippen LogP contribution in [0.3, 0.4) is 0 Å². The molecule has 0 unspecified atom stereocenters. The quantitative estimate of drug-likeness (QED) is 0.552. The number of rotatable bonds is 7. The summed E-state index contributed by atoms with van der Waals surface area (Å²) < 4.78 is 15.7. The topological polar surface area (TPSA) is 44.8 Å². The van der Waals surface area contributed by atoms with Gasteiger partial charge < -0.3 is 14.2 Å². The lowest BCUT2D eigenvalue weighted by atomic mass is 9.96. The van der Waals surface area contributed by atoms with Gasteiger partial charge in [-0.2, -0.15) is 0 Å². The number of carbonyl (C=O) groups excluding carboxylic acids is 1. The first-order valence-corrected chi connectivity index (χ1v) is 5.83. The molecule has 0 fully saturated rings. The molecule has 0 saturated heterocycles. The Kier molecular flexibility index (Phi) is 5.31. The Morgan fingerprint density at radius 2 is 1.83 bits per heavy atom. The Balaban J connectivity index is 2.91. The zero-order valence-corrected chi connectivity index (χ0v) is 11.4. The van der Waals surface area contributed by atoms with Gasteiger partial charge in [0.1, 0.15) is 18.0 Å². The fourth-order valence-electron chi connectivity index (χ4n) is 1.43. The molecule has 0 bridgehead atoms. The lowest BCUT2D eigenvalue weighted by Gasteiger charge is -2.22. The van der Waals surface area contributed by atoms with Crippen LogP contribution >= 0.6 is 0 Å². The van der Waals surface area contributed by atoms with E-state index in [0.29, 0.717) is 24.5 Å². The lowest BCUT2D eigenvalue weighted by molar-refractivity contribution is 0.0224. The minimum absolute atomic E-state index is 0.0991. The maximum Gasteiger partial charge on any atom is 0.197 e. The zero-order valence-electron chi connectivity index (χ0n) is 11.4. The molecule has 0 radical (unpaired) electrons. The van der Waals surface area contributed by atoms with Crippen LogP contribution in [0.15, 0.2) is 24.3 Å². The number of methoxy groups -OCH3 is 2. The van der Waals surface area contributed by atoms with Gasteiger partial charge in [-0.3, -0.25) is 4.79 Å². The molecule has 0 saturated carbocycles. The van der Waals surface area contributed by atoms with Crippen LogP contribution in [-0.2, 0) is 9.47 Å². The van der Waals surface area contributed by atoms with Gasteiger partial charge in [0, 0.05) is 14.2 Å². The van der Waals surface area contributed by atoms with Crippen LogP contribution in [0, 0.1) is 0 Å². The molecule has 1 aromatic rings. The molecule has 0 aliphatic heterocycles. The van der Waals surface area contributed by atoms with Crippen molar-refractivity contribution in [3.8, 4) is 5.75 Å². The van der Waals surface area contributed by atoms with E-state index in [4.69, 9.17) is 14.2 Å². The third-order valence-corrected chi connectivity index (χ3v) is 2.73. The van der Waals surface area contributed by atoms with Crippen LogP contribution in [0.25, 0.3) is 0 Å². The monoisotopic (exact) mass is 252 g/mol. The molecule has 4 heteroatoms. The Labute approximate surface area is 108 Å². The van der Waals surface area contributed by atoms with Crippen LogP contribution in [0.2, 0.25) is 0 Å². The summed E-state index contributed by atoms with van der Waals surface area (Å²) in [7, 11) is 3.13. The summed E-state index contributed by atoms with van der Waals surface area (Å²) in [6.07, 6.45) is 0. The van der Waals surface area contributed by atoms with E-state index in [1.54, 1.807) is 33.1 Å². The number of hydrogen-bond donors (Lipinski definition) is 0. The predicted octanol–water partition coefficient (Wildman–Crippen LogP) is 2.32. The Hall–Kier alpha value is -1.39. The van der Waals surface area contributed by atoms with Gasteiger partial charge in [-0.25, -0.2) is 0 Å². The van der Waals surface area contributed by atoms with E-state index in [9.17, 15) is 4.79 Å². The summed E-state index contributed by atoms with van der Waals surface area (Å²) in [6.45, 7) is 4.37. The Morgan fingerprint density at radius 3 is 2.44 bits per heavy atom. The first kappa shape index (κ1) is 14.7. The standard InChI is InChI=1S/C14H20O4/c1-14(2,17-4)13(15)11-7-5-6-8-12(11)18-10-9-16-3/h5-8H,9-10H2,1-4H3. The summed E-state index contributed by atoms with van der Waals surface area (Å²) >= 11 is 0. The first-order chi connectivity index (χ1) is 8.53. The molecule has 1 aromatic carbocycles. The van der Waals surface area contributed by atoms with Crippen molar-refractivity contribution in [3.05, 3.63) is 29.8 Å². The molecule has 0 aliphatic carbocycles. The molecule has 4 nitrogen and oxygen atoms in total. The fourth-order valence-corrected chi connectivity index (χ4v) is 1.43. The van der Waals surface area contributed by atoms with Crippen molar-refractivity contribution in [2.75, 3.05) is 27.4 Å². The number of benzene rings is 1. The molecular formula is C14H20O4. The largest absolute Gasteiger partial charge is 0.490 e. The molecule has 0 heterocycles. The number of carbonyl (C=O) groups is 1. The highest BCUT2D eigenvalue weighted by molar-refractivity contribution is 6.04. The number of hydrogen-bond acceptors (Lipinski definition) is 4. The second kappa shape index (κ2) is 6.52. The van der Waals surface area contributed by atoms with Crippen molar-refractivity contribution in [2.45, 2.75) is 19.4 Å². The van der Waals surface area contributed by atoms with Gasteiger partial charge >= 0.3 is 0 Å². The van der Waals surface area contributed by atoms with Crippen LogP contribution < -0.4 is 4.74 Å². The van der Waals surface area contributed by atoms with E-state index in [-0.39, 0.29) is 5.78 Å². The van der Waals surface area contributed by atoms with Crippen LogP contribution in [0.5, 0.6) is 5.75 Å². The number of para-hydroxylation sites is 1. The highest BCUT2D eigenvalue weighted by Gasteiger charge is 2.30. The molecule has 18 heavy (non-hydrogen) atoms. The summed E-state index contributed by atoms with van der Waals surface area (Å²) in [4.78, 5) is 12.3. The number of Topliss-reactive ketones (excluding diaryl/α,β-unsaturated/α-hetero) is 1. The molecule has 0 amide bonds. The van der Waals surface area contributed by atoms with Gasteiger partial charge in [0.05, 0.1) is 12.2 Å². The molecule has 0 N–H and O–H groups in total. The lowest BCUT2D eigenvalue weighted by Crippen LogP contribution is -2.34. The van der Waals surface area contributed by atoms with Gasteiger partial charge in [0.15, 0.2) is 5.78 Å². The molecule has 0 atom stereocenters. The van der Waals surface area contributed by atoms with Gasteiger partial charge in [0.25, 0.3) is 0 Å². The van der Waals surface area contributed by atoms with Gasteiger partial charge in [-0.15, -0.1) is 0 Å². The second-order valence-corrected chi connectivity index (χ2v) is 4.38. The van der Waals surface area contributed by atoms with Crippen molar-refractivity contribution in [1.29, 1.82) is 0 Å². The first-order valence-electron chi connectivity index (χ1n) is 5.83. The Bertz CT molecular complexity index is 399. The molecule has 0 aliphatic rings. The molecule has 0 aromatic heterocycles. The minimum Gasteiger partial charge on any atom is -0.490 e. The molecule has 0 spiro atoms. The van der Waals surface area contributed by atoms with Gasteiger partial charge in [-0.05, 0) is 26.0 Å². The maximum absolute atomic E-state index is 12.3. The number of ether oxygens (including phenoxy) is 3. The minimum atomic E-state index is -0.860. The SMILES string of the molecule is COCCOc1ccccc1C(=O)C(C)(C)OC. The second-order valence-electron chi connectivity index (χ2n) is 4.38. The molecule has 100 valence electrons. The smallest absolute Gasteiger partial charge is 0.197 e. The van der Waals surface area contributed by atoms with E-state index in [1.165, 1.54) is 7.11 Å². The van der Waals surface area contributed by atoms with E-state index >= 15 is 0 Å². The van der Waals surface area contributed by atoms with Crippen molar-refractivity contribution in [1.82, 2.24) is 0 Å². The van der Waals surface area contributed by atoms with E-state index in [1.807, 2.05) is 12.1 Å². The van der Waals surface area contributed by atoms with Crippen LogP contribution in [0.4, 0.5) is 0 Å². The third-order valence-electron chi connectivity index (χ3n) is 2.73. The normalized spacial score (nSPS) is 11.3. The average molecular weight is 252 g/mol. The summed E-state index contributed by atoms with van der Waals surface area (Å²) in [6, 6.07) is 7.15.